The molecule has 0 radical (unpaired) electrons. The second-order valence-electron chi connectivity index (χ2n) is 8.12. The number of pyridine rings is 1. The average Bonchev–Trinajstić information content (AvgIpc) is 3.19. The molecule has 1 atom stereocenters. The van der Waals surface area contributed by atoms with Crippen LogP contribution >= 0.6 is 0 Å². The maximum Gasteiger partial charge on any atom is 0.228 e. The van der Waals surface area contributed by atoms with Crippen molar-refractivity contribution in [2.75, 3.05) is 19.7 Å². The van der Waals surface area contributed by atoms with E-state index in [1.54, 1.807) is 12.4 Å². The van der Waals surface area contributed by atoms with Crippen LogP contribution in [0, 0.1) is 11.3 Å². The zero-order valence-corrected chi connectivity index (χ0v) is 14.7. The van der Waals surface area contributed by atoms with Crippen molar-refractivity contribution < 1.29 is 14.3 Å². The van der Waals surface area contributed by atoms with E-state index in [1.807, 2.05) is 24.0 Å². The van der Waals surface area contributed by atoms with Crippen LogP contribution in [0.25, 0.3) is 0 Å². The van der Waals surface area contributed by atoms with Crippen LogP contribution in [0.5, 0.6) is 0 Å². The summed E-state index contributed by atoms with van der Waals surface area (Å²) < 4.78 is 5.98. The number of nitrogens with one attached hydrogen (secondary N) is 1. The van der Waals surface area contributed by atoms with E-state index in [9.17, 15) is 9.59 Å². The van der Waals surface area contributed by atoms with E-state index < -0.39 is 0 Å². The van der Waals surface area contributed by atoms with Crippen LogP contribution in [0.3, 0.4) is 0 Å². The fraction of sp³-hybridized carbons (Fsp3) is 0.632. The Balaban J connectivity index is 1.21. The quantitative estimate of drug-likeness (QED) is 0.880. The molecule has 3 heterocycles. The van der Waals surface area contributed by atoms with Crippen LogP contribution in [0.15, 0.2) is 24.5 Å². The number of amides is 2. The summed E-state index contributed by atoms with van der Waals surface area (Å²) in [4.78, 5) is 30.4. The van der Waals surface area contributed by atoms with Crippen LogP contribution in [0.1, 0.15) is 38.2 Å². The van der Waals surface area contributed by atoms with Gasteiger partial charge in [-0.3, -0.25) is 14.6 Å². The highest BCUT2D eigenvalue weighted by Crippen LogP contribution is 2.49. The van der Waals surface area contributed by atoms with E-state index in [0.29, 0.717) is 32.7 Å². The van der Waals surface area contributed by atoms with Crippen molar-refractivity contribution in [1.82, 2.24) is 15.2 Å². The first-order chi connectivity index (χ1) is 12.0. The molecule has 2 saturated heterocycles. The summed E-state index contributed by atoms with van der Waals surface area (Å²) in [5.74, 6) is 0.576. The first-order valence-electron chi connectivity index (χ1n) is 9.07. The largest absolute Gasteiger partial charge is 0.371 e. The Hall–Kier alpha value is -1.95. The zero-order valence-electron chi connectivity index (χ0n) is 14.7. The number of ether oxygens (including phenoxy) is 1. The highest BCUT2D eigenvalue weighted by molar-refractivity contribution is 5.85. The molecule has 134 valence electrons. The topological polar surface area (TPSA) is 71.5 Å². The molecule has 4 rings (SSSR count). The van der Waals surface area contributed by atoms with Gasteiger partial charge in [0, 0.05) is 30.8 Å². The lowest BCUT2D eigenvalue weighted by Crippen LogP contribution is -2.64. The minimum Gasteiger partial charge on any atom is -0.371 e. The van der Waals surface area contributed by atoms with Crippen LogP contribution in [-0.2, 0) is 20.9 Å². The molecule has 0 bridgehead atoms. The third kappa shape index (κ3) is 3.40. The number of likely N-dealkylation sites (tertiary alicyclic amines) is 1. The van der Waals surface area contributed by atoms with E-state index in [2.05, 4.69) is 10.3 Å². The molecule has 1 unspecified atom stereocenters. The van der Waals surface area contributed by atoms with Crippen molar-refractivity contribution in [2.24, 2.45) is 11.3 Å². The number of aromatic nitrogens is 1. The molecule has 1 aliphatic carbocycles. The fourth-order valence-corrected chi connectivity index (χ4v) is 3.90. The maximum absolute atomic E-state index is 12.3. The van der Waals surface area contributed by atoms with E-state index in [0.717, 1.165) is 24.8 Å². The Labute approximate surface area is 147 Å². The van der Waals surface area contributed by atoms with Gasteiger partial charge in [-0.15, -0.1) is 0 Å². The van der Waals surface area contributed by atoms with E-state index >= 15 is 0 Å². The normalized spacial score (nSPS) is 25.5. The predicted molar refractivity (Wildman–Crippen MR) is 91.4 cm³/mol. The minimum atomic E-state index is -0.197. The average molecular weight is 343 g/mol. The van der Waals surface area contributed by atoms with E-state index in [4.69, 9.17) is 4.74 Å². The number of nitrogens with zero attached hydrogens (tertiary/aromatic N) is 2. The van der Waals surface area contributed by atoms with Crippen molar-refractivity contribution in [3.63, 3.8) is 0 Å². The van der Waals surface area contributed by atoms with Crippen molar-refractivity contribution >= 4 is 11.8 Å². The Morgan fingerprint density at radius 2 is 2.04 bits per heavy atom. The standard InChI is InChI=1S/C19H25N3O3/c1-18(4-5-18)17(24)22-12-19(13-22)9-15(11-25-19)8-16(23)21-10-14-2-6-20-7-3-14/h2-3,6-7,15H,4-5,8-13H2,1H3,(H,21,23). The highest BCUT2D eigenvalue weighted by atomic mass is 16.5. The molecule has 0 aromatic carbocycles. The van der Waals surface area contributed by atoms with Gasteiger partial charge in [-0.05, 0) is 42.9 Å². The first kappa shape index (κ1) is 16.5. The summed E-state index contributed by atoms with van der Waals surface area (Å²) in [6.45, 7) is 4.57. The number of rotatable bonds is 5. The molecule has 1 aromatic rings. The number of carbonyl (C=O) groups is 2. The molecule has 3 fully saturated rings. The lowest BCUT2D eigenvalue weighted by Gasteiger charge is -2.48. The third-order valence-electron chi connectivity index (χ3n) is 5.76. The summed E-state index contributed by atoms with van der Waals surface area (Å²) in [5.41, 5.74) is 0.743. The molecule has 1 N–H and O–H groups in total. The smallest absolute Gasteiger partial charge is 0.228 e. The second kappa shape index (κ2) is 6.09. The van der Waals surface area contributed by atoms with Gasteiger partial charge < -0.3 is 15.0 Å². The van der Waals surface area contributed by atoms with Gasteiger partial charge in [-0.1, -0.05) is 6.92 Å². The number of hydrogen-bond acceptors (Lipinski definition) is 4. The molecule has 25 heavy (non-hydrogen) atoms. The Morgan fingerprint density at radius 3 is 2.72 bits per heavy atom. The van der Waals surface area contributed by atoms with Crippen LogP contribution < -0.4 is 5.32 Å². The lowest BCUT2D eigenvalue weighted by atomic mass is 9.85. The molecule has 1 saturated carbocycles. The number of hydrogen-bond donors (Lipinski definition) is 1. The van der Waals surface area contributed by atoms with Gasteiger partial charge in [-0.2, -0.15) is 0 Å². The maximum atomic E-state index is 12.3. The van der Waals surface area contributed by atoms with Gasteiger partial charge in [0.25, 0.3) is 0 Å². The summed E-state index contributed by atoms with van der Waals surface area (Å²) in [5, 5.41) is 2.96. The summed E-state index contributed by atoms with van der Waals surface area (Å²) in [7, 11) is 0. The minimum absolute atomic E-state index is 0.0557. The summed E-state index contributed by atoms with van der Waals surface area (Å²) in [6.07, 6.45) is 6.82. The summed E-state index contributed by atoms with van der Waals surface area (Å²) in [6, 6.07) is 3.79. The molecular weight excluding hydrogens is 318 g/mol. The van der Waals surface area contributed by atoms with Crippen LogP contribution in [-0.4, -0.2) is 47.0 Å². The van der Waals surface area contributed by atoms with Crippen molar-refractivity contribution in [2.45, 2.75) is 44.8 Å². The molecule has 6 heteroatoms. The molecule has 6 nitrogen and oxygen atoms in total. The van der Waals surface area contributed by atoms with Gasteiger partial charge in [0.2, 0.25) is 11.8 Å². The molecule has 1 aromatic heterocycles. The fourth-order valence-electron chi connectivity index (χ4n) is 3.90. The molecule has 1 spiro atoms. The van der Waals surface area contributed by atoms with Gasteiger partial charge in [-0.25, -0.2) is 0 Å². The Morgan fingerprint density at radius 1 is 1.32 bits per heavy atom. The van der Waals surface area contributed by atoms with Crippen LogP contribution in [0.4, 0.5) is 0 Å². The Bertz CT molecular complexity index is 666. The van der Waals surface area contributed by atoms with Crippen LogP contribution in [0.2, 0.25) is 0 Å². The lowest BCUT2D eigenvalue weighted by molar-refractivity contribution is -0.162. The third-order valence-corrected chi connectivity index (χ3v) is 5.76. The molecule has 2 amide bonds. The molecular formula is C19H25N3O3. The van der Waals surface area contributed by atoms with Gasteiger partial charge in [0.05, 0.1) is 19.7 Å². The SMILES string of the molecule is CC1(C(=O)N2CC3(CC(CC(=O)NCc4ccncc4)CO3)C2)CC1. The van der Waals surface area contributed by atoms with Crippen molar-refractivity contribution in [1.29, 1.82) is 0 Å². The first-order valence-corrected chi connectivity index (χ1v) is 9.07. The van der Waals surface area contributed by atoms with Gasteiger partial charge in [0.15, 0.2) is 0 Å². The van der Waals surface area contributed by atoms with Crippen molar-refractivity contribution in [3.05, 3.63) is 30.1 Å². The molecule has 3 aliphatic rings. The van der Waals surface area contributed by atoms with Crippen molar-refractivity contribution in [3.8, 4) is 0 Å². The van der Waals surface area contributed by atoms with Gasteiger partial charge in [0.1, 0.15) is 5.60 Å². The van der Waals surface area contributed by atoms with E-state index in [1.165, 1.54) is 0 Å². The Kier molecular flexibility index (Phi) is 4.02. The van der Waals surface area contributed by atoms with Gasteiger partial charge >= 0.3 is 0 Å². The number of carbonyl (C=O) groups excluding carboxylic acids is 2. The molecule has 2 aliphatic heterocycles. The highest BCUT2D eigenvalue weighted by Gasteiger charge is 2.56. The second-order valence-corrected chi connectivity index (χ2v) is 8.12. The predicted octanol–water partition coefficient (Wildman–Crippen LogP) is 1.51. The summed E-state index contributed by atoms with van der Waals surface area (Å²) >= 11 is 0. The zero-order chi connectivity index (χ0) is 17.5. The monoisotopic (exact) mass is 343 g/mol. The van der Waals surface area contributed by atoms with E-state index in [-0.39, 0.29) is 28.7 Å².